The molecule has 2 saturated heterocycles. The van der Waals surface area contributed by atoms with Crippen molar-refractivity contribution in [3.8, 4) is 15.4 Å². The van der Waals surface area contributed by atoms with E-state index in [1.807, 2.05) is 48.8 Å². The summed E-state index contributed by atoms with van der Waals surface area (Å²) < 4.78 is 7.64. The summed E-state index contributed by atoms with van der Waals surface area (Å²) in [4.78, 5) is 106. The molecule has 3 aliphatic rings. The summed E-state index contributed by atoms with van der Waals surface area (Å²) in [5.74, 6) is -3.98. The molecule has 0 spiro atoms. The Kier molecular flexibility index (Phi) is 17.2. The summed E-state index contributed by atoms with van der Waals surface area (Å²) in [6, 6.07) is 9.23. The van der Waals surface area contributed by atoms with Crippen molar-refractivity contribution in [2.75, 3.05) is 39.4 Å². The topological polar surface area (TPSA) is 268 Å². The second kappa shape index (κ2) is 23.6. The maximum absolute atomic E-state index is 14.3. The van der Waals surface area contributed by atoms with E-state index in [-0.39, 0.29) is 52.1 Å². The molecule has 20 nitrogen and oxygen atoms in total. The Hall–Kier alpha value is -6.85. The molecular weight excluding hydrogens is 1030 g/mol. The Morgan fingerprint density at radius 2 is 1.61 bits per heavy atom. The lowest BCUT2D eigenvalue weighted by molar-refractivity contribution is -0.144. The molecule has 0 saturated carbocycles. The van der Waals surface area contributed by atoms with Crippen LogP contribution in [0.4, 0.5) is 0 Å². The van der Waals surface area contributed by atoms with Gasteiger partial charge >= 0.3 is 0 Å². The van der Waals surface area contributed by atoms with E-state index in [1.165, 1.54) is 16.2 Å². The maximum atomic E-state index is 14.3. The fourth-order valence-electron chi connectivity index (χ4n) is 9.48. The van der Waals surface area contributed by atoms with Crippen molar-refractivity contribution < 1.29 is 43.4 Å². The molecule has 2 aromatic carbocycles. The third-order valence-corrected chi connectivity index (χ3v) is 16.1. The number of fused-ring (bicyclic) bond motifs is 4. The molecule has 0 aliphatic carbocycles. The van der Waals surface area contributed by atoms with Crippen LogP contribution in [-0.4, -0.2) is 135 Å². The monoisotopic (exact) mass is 1100 g/mol. The number of aryl methyl sites for hydroxylation is 3. The highest BCUT2D eigenvalue weighted by molar-refractivity contribution is 7.15. The first kappa shape index (κ1) is 55.4. The number of thiophene rings is 1. The van der Waals surface area contributed by atoms with E-state index in [0.717, 1.165) is 48.3 Å². The standard InChI is InChI=1S/C53H62ClN11O9S2/c1-27-29(3)76-52-43(27)37(31-12-14-35(54)15-13-31)20-34(47-63-62-30(4)65(47)52)21-41(68)56-23-38-48(70)55-17-19-74-18-16-40(67)60-46(53(5,6)7)51(73)64-25-36(66)22-39(64)49(71)61-44(50(72)57-24-42(69)59-38)32-8-10-33(11-9-32)45-28(2)58-26-75-45/h8-15,20,26,34,36,38-39,44,46,66H,16-19,21-25H2,1-7H3,(H,55,70)(H,56,68)(H,57,72)(H,59,69)(H,60,67)(H,61,71)/t34-,36+,38+,39-,44-,46+/m0/s1. The van der Waals surface area contributed by atoms with Crippen molar-refractivity contribution in [1.29, 1.82) is 0 Å². The molecule has 76 heavy (non-hydrogen) atoms. The summed E-state index contributed by atoms with van der Waals surface area (Å²) in [6.45, 7) is 11.8. The predicted molar refractivity (Wildman–Crippen MR) is 286 cm³/mol. The number of hydrogen-bond donors (Lipinski definition) is 7. The van der Waals surface area contributed by atoms with Crippen LogP contribution in [0.25, 0.3) is 21.0 Å². The zero-order valence-corrected chi connectivity index (χ0v) is 45.6. The molecule has 402 valence electrons. The number of hydrogen-bond acceptors (Lipinski definition) is 14. The third-order valence-electron chi connectivity index (χ3n) is 13.6. The van der Waals surface area contributed by atoms with Gasteiger partial charge in [0, 0.05) is 60.3 Å². The number of rotatable bonds is 7. The molecule has 2 fully saturated rings. The molecule has 7 amide bonds. The molecule has 8 rings (SSSR count). The van der Waals surface area contributed by atoms with Gasteiger partial charge in [0.1, 0.15) is 40.8 Å². The van der Waals surface area contributed by atoms with Gasteiger partial charge in [-0.1, -0.05) is 74.8 Å². The van der Waals surface area contributed by atoms with Gasteiger partial charge in [0.2, 0.25) is 41.4 Å². The summed E-state index contributed by atoms with van der Waals surface area (Å²) in [5, 5.41) is 37.6. The van der Waals surface area contributed by atoms with Gasteiger partial charge in [-0.25, -0.2) is 4.98 Å². The van der Waals surface area contributed by atoms with Gasteiger partial charge in [-0.2, -0.15) is 0 Å². The molecule has 0 radical (unpaired) electrons. The first-order valence-electron chi connectivity index (χ1n) is 25.0. The zero-order valence-electron chi connectivity index (χ0n) is 43.2. The number of halogens is 1. The molecule has 0 bridgehead atoms. The zero-order chi connectivity index (χ0) is 54.6. The van der Waals surface area contributed by atoms with Gasteiger partial charge in [0.05, 0.1) is 41.9 Å². The van der Waals surface area contributed by atoms with E-state index in [4.69, 9.17) is 16.3 Å². The highest BCUT2D eigenvalue weighted by Gasteiger charge is 2.45. The van der Waals surface area contributed by atoms with Crippen LogP contribution in [0, 0.1) is 33.1 Å². The molecule has 6 atom stereocenters. The van der Waals surface area contributed by atoms with Gasteiger partial charge in [-0.3, -0.25) is 38.1 Å². The number of allylic oxidation sites excluding steroid dienone is 1. The van der Waals surface area contributed by atoms with Crippen LogP contribution in [-0.2, 0) is 38.3 Å². The number of nitrogens with zero attached hydrogens (tertiary/aromatic N) is 5. The Labute approximate surface area is 452 Å². The fourth-order valence-corrected chi connectivity index (χ4v) is 11.6. The van der Waals surface area contributed by atoms with Crippen LogP contribution in [0.2, 0.25) is 5.02 Å². The minimum absolute atomic E-state index is 0.0348. The smallest absolute Gasteiger partial charge is 0.247 e. The van der Waals surface area contributed by atoms with Crippen molar-refractivity contribution in [2.45, 2.75) is 104 Å². The molecule has 0 unspecified atom stereocenters. The fraction of sp³-hybridized carbons (Fsp3) is 0.434. The van der Waals surface area contributed by atoms with Gasteiger partial charge in [0.25, 0.3) is 0 Å². The Morgan fingerprint density at radius 1 is 0.882 bits per heavy atom. The van der Waals surface area contributed by atoms with Gasteiger partial charge in [0.15, 0.2) is 0 Å². The number of aromatic nitrogens is 4. The Morgan fingerprint density at radius 3 is 2.30 bits per heavy atom. The molecule has 6 heterocycles. The molecule has 3 aromatic heterocycles. The molecular formula is C53H62ClN11O9S2. The quantitative estimate of drug-likeness (QED) is 0.123. The largest absolute Gasteiger partial charge is 0.391 e. The number of benzene rings is 2. The lowest BCUT2D eigenvalue weighted by Crippen LogP contribution is -2.58. The average molecular weight is 1100 g/mol. The Bertz CT molecular complexity index is 3050. The van der Waals surface area contributed by atoms with Crippen LogP contribution < -0.4 is 31.9 Å². The number of carbonyl (C=O) groups is 7. The van der Waals surface area contributed by atoms with E-state index in [2.05, 4.69) is 60.9 Å². The van der Waals surface area contributed by atoms with Crippen molar-refractivity contribution in [2.24, 2.45) is 5.41 Å². The first-order valence-corrected chi connectivity index (χ1v) is 27.0. The number of nitrogens with one attached hydrogen (secondary N) is 6. The molecule has 7 N–H and O–H groups in total. The maximum Gasteiger partial charge on any atom is 0.247 e. The van der Waals surface area contributed by atoms with Gasteiger partial charge in [-0.15, -0.1) is 32.9 Å². The van der Waals surface area contributed by atoms with Crippen molar-refractivity contribution >= 4 is 81.2 Å². The average Bonchev–Trinajstić information content (AvgIpc) is 4.18. The minimum Gasteiger partial charge on any atom is -0.391 e. The van der Waals surface area contributed by atoms with E-state index in [0.29, 0.717) is 22.2 Å². The number of amides is 7. The summed E-state index contributed by atoms with van der Waals surface area (Å²) >= 11 is 9.35. The van der Waals surface area contributed by atoms with E-state index >= 15 is 0 Å². The number of aliphatic hydroxyl groups is 1. The second-order valence-electron chi connectivity index (χ2n) is 20.2. The van der Waals surface area contributed by atoms with Crippen molar-refractivity contribution in [3.05, 3.63) is 110 Å². The first-order chi connectivity index (χ1) is 36.2. The number of aliphatic hydroxyl groups excluding tert-OH is 1. The lowest BCUT2D eigenvalue weighted by atomic mass is 9.85. The summed E-state index contributed by atoms with van der Waals surface area (Å²) in [7, 11) is 0. The van der Waals surface area contributed by atoms with Crippen LogP contribution >= 0.6 is 34.3 Å². The van der Waals surface area contributed by atoms with Crippen LogP contribution in [0.3, 0.4) is 0 Å². The van der Waals surface area contributed by atoms with E-state index in [1.54, 1.807) is 61.9 Å². The minimum atomic E-state index is -1.41. The third kappa shape index (κ3) is 12.5. The van der Waals surface area contributed by atoms with Crippen LogP contribution in [0.1, 0.15) is 96.5 Å². The highest BCUT2D eigenvalue weighted by Crippen LogP contribution is 2.44. The molecule has 5 aromatic rings. The SMILES string of the molecule is Cc1ncsc1-c1ccc([C@@H]2NC(=O)[C@@H]3C[C@@H](O)CN3C(=O)[C@H](C(C)(C)C)NC(=O)CCOCCNC(=O)[C@@H](CNC(=O)C[C@@H]3C=C(c4ccc(Cl)cc4)c4c(sc(C)c4C)-n4c(C)nnc43)NC(=O)CNC2=O)cc1. The summed E-state index contributed by atoms with van der Waals surface area (Å²) in [5.41, 5.74) is 6.69. The van der Waals surface area contributed by atoms with E-state index < -0.39 is 89.5 Å². The lowest BCUT2D eigenvalue weighted by Gasteiger charge is -2.35. The number of ether oxygens (including phenoxy) is 1. The van der Waals surface area contributed by atoms with Crippen LogP contribution in [0.15, 0.2) is 60.1 Å². The van der Waals surface area contributed by atoms with E-state index in [9.17, 15) is 38.7 Å². The number of carbonyl (C=O) groups excluding carboxylic acids is 7. The second-order valence-corrected chi connectivity index (χ2v) is 22.7. The van der Waals surface area contributed by atoms with Crippen molar-refractivity contribution in [3.63, 3.8) is 0 Å². The molecule has 23 heteroatoms. The highest BCUT2D eigenvalue weighted by atomic mass is 35.5. The number of thiazole rings is 1. The van der Waals surface area contributed by atoms with Crippen LogP contribution in [0.5, 0.6) is 0 Å². The predicted octanol–water partition coefficient (Wildman–Crippen LogP) is 3.86. The van der Waals surface area contributed by atoms with Crippen molar-refractivity contribution in [1.82, 2.24) is 56.5 Å². The summed E-state index contributed by atoms with van der Waals surface area (Å²) in [6.07, 6.45) is 0.516. The van der Waals surface area contributed by atoms with Gasteiger partial charge < -0.3 is 46.6 Å². The normalized spacial score (nSPS) is 22.5. The Balaban J connectivity index is 1.04. The molecule has 3 aliphatic heterocycles. The van der Waals surface area contributed by atoms with Gasteiger partial charge in [-0.05, 0) is 73.1 Å².